The topological polar surface area (TPSA) is 64.0 Å². The average Bonchev–Trinajstić information content (AvgIpc) is 2.87. The van der Waals surface area contributed by atoms with Gasteiger partial charge in [-0.2, -0.15) is 0 Å². The summed E-state index contributed by atoms with van der Waals surface area (Å²) in [6, 6.07) is 0. The molecule has 0 radical (unpaired) electrons. The van der Waals surface area contributed by atoms with Crippen LogP contribution in [-0.2, 0) is 6.54 Å². The average molecular weight is 309 g/mol. The molecular formula is C15H23N3O2S. The number of rotatable bonds is 5. The van der Waals surface area contributed by atoms with E-state index in [1.165, 1.54) is 6.20 Å². The molecule has 0 spiro atoms. The molecule has 2 rings (SSSR count). The van der Waals surface area contributed by atoms with E-state index in [1.807, 2.05) is 0 Å². The largest absolute Gasteiger partial charge is 0.352 e. The van der Waals surface area contributed by atoms with E-state index in [0.717, 1.165) is 5.75 Å². The Hall–Kier alpha value is -1.30. The van der Waals surface area contributed by atoms with Gasteiger partial charge in [-0.3, -0.25) is 14.2 Å². The summed E-state index contributed by atoms with van der Waals surface area (Å²) in [6.45, 7) is 9.83. The van der Waals surface area contributed by atoms with Crippen molar-refractivity contribution in [1.29, 1.82) is 0 Å². The molecule has 6 heteroatoms. The van der Waals surface area contributed by atoms with Gasteiger partial charge in [-0.15, -0.1) is 0 Å². The smallest absolute Gasteiger partial charge is 0.267 e. The number of thioether (sulfide) groups is 1. The van der Waals surface area contributed by atoms with Crippen molar-refractivity contribution in [2.45, 2.75) is 39.4 Å². The molecule has 0 saturated heterocycles. The highest BCUT2D eigenvalue weighted by Gasteiger charge is 2.22. The molecule has 21 heavy (non-hydrogen) atoms. The third-order valence-electron chi connectivity index (χ3n) is 4.01. The van der Waals surface area contributed by atoms with Crippen LogP contribution < -0.4 is 10.9 Å². The van der Waals surface area contributed by atoms with E-state index in [0.29, 0.717) is 36.0 Å². The molecule has 2 heterocycles. The highest BCUT2D eigenvalue weighted by Crippen LogP contribution is 2.21. The predicted octanol–water partition coefficient (Wildman–Crippen LogP) is 2.01. The van der Waals surface area contributed by atoms with Crippen LogP contribution in [0.25, 0.3) is 0 Å². The van der Waals surface area contributed by atoms with Crippen LogP contribution in [-0.4, -0.2) is 27.8 Å². The van der Waals surface area contributed by atoms with Gasteiger partial charge >= 0.3 is 0 Å². The molecule has 1 aromatic rings. The maximum absolute atomic E-state index is 12.3. The number of nitrogens with zero attached hydrogens (tertiary/aromatic N) is 2. The van der Waals surface area contributed by atoms with Crippen molar-refractivity contribution < 1.29 is 4.79 Å². The summed E-state index contributed by atoms with van der Waals surface area (Å²) in [6.07, 6.45) is 1.40. The first-order valence-electron chi connectivity index (χ1n) is 7.42. The van der Waals surface area contributed by atoms with Crippen LogP contribution in [0.4, 0.5) is 0 Å². The number of hydrogen-bond acceptors (Lipinski definition) is 4. The summed E-state index contributed by atoms with van der Waals surface area (Å²) in [4.78, 5) is 28.7. The lowest BCUT2D eigenvalue weighted by Gasteiger charge is -2.25. The zero-order chi connectivity index (χ0) is 15.6. The summed E-state index contributed by atoms with van der Waals surface area (Å²) in [5.74, 6) is 1.90. The van der Waals surface area contributed by atoms with E-state index >= 15 is 0 Å². The molecule has 116 valence electrons. The molecule has 1 aliphatic rings. The highest BCUT2D eigenvalue weighted by atomic mass is 32.2. The second kappa shape index (κ2) is 6.64. The lowest BCUT2D eigenvalue weighted by Crippen LogP contribution is -2.38. The highest BCUT2D eigenvalue weighted by molar-refractivity contribution is 7.99. The predicted molar refractivity (Wildman–Crippen MR) is 84.7 cm³/mol. The van der Waals surface area contributed by atoms with Crippen LogP contribution in [0.3, 0.4) is 0 Å². The Morgan fingerprint density at radius 3 is 2.67 bits per heavy atom. The molecule has 0 unspecified atom stereocenters. The van der Waals surface area contributed by atoms with Crippen molar-refractivity contribution >= 4 is 17.7 Å². The van der Waals surface area contributed by atoms with Crippen molar-refractivity contribution in [3.63, 3.8) is 0 Å². The van der Waals surface area contributed by atoms with Crippen molar-refractivity contribution in [2.75, 3.05) is 12.3 Å². The Morgan fingerprint density at radius 1 is 1.38 bits per heavy atom. The number of aromatic nitrogens is 2. The van der Waals surface area contributed by atoms with Gasteiger partial charge in [0.05, 0.1) is 0 Å². The van der Waals surface area contributed by atoms with Crippen LogP contribution in [0.5, 0.6) is 0 Å². The van der Waals surface area contributed by atoms with Crippen LogP contribution in [0.2, 0.25) is 0 Å². The minimum absolute atomic E-state index is 0.146. The first kappa shape index (κ1) is 16.1. The second-order valence-corrected chi connectivity index (χ2v) is 7.18. The Balaban J connectivity index is 2.10. The van der Waals surface area contributed by atoms with Crippen molar-refractivity contribution in [3.05, 3.63) is 22.1 Å². The molecule has 1 N–H and O–H groups in total. The summed E-state index contributed by atoms with van der Waals surface area (Å²) < 4.78 is 1.59. The fourth-order valence-electron chi connectivity index (χ4n) is 2.72. The van der Waals surface area contributed by atoms with Crippen LogP contribution >= 0.6 is 11.8 Å². The molecule has 1 amide bonds. The van der Waals surface area contributed by atoms with E-state index in [4.69, 9.17) is 0 Å². The van der Waals surface area contributed by atoms with Gasteiger partial charge < -0.3 is 5.32 Å². The Labute approximate surface area is 129 Å². The molecule has 1 aromatic heterocycles. The first-order chi connectivity index (χ1) is 9.91. The van der Waals surface area contributed by atoms with Gasteiger partial charge in [0.2, 0.25) is 0 Å². The van der Waals surface area contributed by atoms with Gasteiger partial charge in [-0.25, -0.2) is 4.98 Å². The Morgan fingerprint density at radius 2 is 2.05 bits per heavy atom. The number of hydrogen-bond donors (Lipinski definition) is 1. The minimum atomic E-state index is -0.314. The minimum Gasteiger partial charge on any atom is -0.352 e. The van der Waals surface area contributed by atoms with Gasteiger partial charge in [0.1, 0.15) is 5.56 Å². The Bertz CT molecular complexity index is 573. The maximum atomic E-state index is 12.3. The summed E-state index contributed by atoms with van der Waals surface area (Å²) in [7, 11) is 0. The molecule has 0 bridgehead atoms. The normalized spacial score (nSPS) is 14.0. The monoisotopic (exact) mass is 309 g/mol. The zero-order valence-corrected chi connectivity index (χ0v) is 13.9. The molecule has 1 aliphatic heterocycles. The number of amides is 1. The molecular weight excluding hydrogens is 286 g/mol. The van der Waals surface area contributed by atoms with Gasteiger partial charge in [0.25, 0.3) is 11.5 Å². The third kappa shape index (κ3) is 3.48. The fraction of sp³-hybridized carbons (Fsp3) is 0.667. The van der Waals surface area contributed by atoms with Crippen LogP contribution in [0.1, 0.15) is 38.1 Å². The maximum Gasteiger partial charge on any atom is 0.267 e. The van der Waals surface area contributed by atoms with E-state index < -0.39 is 0 Å². The molecule has 5 nitrogen and oxygen atoms in total. The summed E-state index contributed by atoms with van der Waals surface area (Å²) in [5, 5.41) is 3.60. The number of nitrogens with one attached hydrogen (secondary N) is 1. The van der Waals surface area contributed by atoms with E-state index in [2.05, 4.69) is 38.0 Å². The van der Waals surface area contributed by atoms with Crippen LogP contribution in [0, 0.1) is 17.8 Å². The van der Waals surface area contributed by atoms with Crippen molar-refractivity contribution in [3.8, 4) is 0 Å². The fourth-order valence-corrected chi connectivity index (χ4v) is 3.63. The standard InChI is InChI=1S/C15H23N3O2S/c1-9(2)11(10(3)4)7-16-13(19)12-8-17-15-18(14(12)20)5-6-21-15/h8-11H,5-7H2,1-4H3,(H,16,19). The molecule has 0 aromatic carbocycles. The van der Waals surface area contributed by atoms with E-state index in [9.17, 15) is 9.59 Å². The summed E-state index contributed by atoms with van der Waals surface area (Å²) >= 11 is 1.55. The van der Waals surface area contributed by atoms with Gasteiger partial charge in [0, 0.05) is 25.0 Å². The van der Waals surface area contributed by atoms with E-state index in [-0.39, 0.29) is 17.0 Å². The molecule has 0 atom stereocenters. The zero-order valence-electron chi connectivity index (χ0n) is 13.0. The number of fused-ring (bicyclic) bond motifs is 1. The molecule has 0 fully saturated rings. The Kier molecular flexibility index (Phi) is 5.08. The van der Waals surface area contributed by atoms with E-state index in [1.54, 1.807) is 16.3 Å². The SMILES string of the molecule is CC(C)C(CNC(=O)c1cnc2n(c1=O)CCS2)C(C)C. The molecule has 0 saturated carbocycles. The first-order valence-corrected chi connectivity index (χ1v) is 8.41. The van der Waals surface area contributed by atoms with Gasteiger partial charge in [-0.05, 0) is 17.8 Å². The van der Waals surface area contributed by atoms with Gasteiger partial charge in [0.15, 0.2) is 5.16 Å². The second-order valence-electron chi connectivity index (χ2n) is 6.12. The number of carbonyl (C=O) groups is 1. The quantitative estimate of drug-likeness (QED) is 0.845. The van der Waals surface area contributed by atoms with Gasteiger partial charge in [-0.1, -0.05) is 39.5 Å². The lowest BCUT2D eigenvalue weighted by molar-refractivity contribution is 0.0934. The summed E-state index contributed by atoms with van der Waals surface area (Å²) in [5.41, 5.74) is -0.0827. The van der Waals surface area contributed by atoms with Crippen LogP contribution in [0.15, 0.2) is 16.1 Å². The number of carbonyl (C=O) groups excluding carboxylic acids is 1. The van der Waals surface area contributed by atoms with Crippen molar-refractivity contribution in [2.24, 2.45) is 17.8 Å². The lowest BCUT2D eigenvalue weighted by atomic mass is 9.85. The molecule has 0 aliphatic carbocycles. The third-order valence-corrected chi connectivity index (χ3v) is 4.98. The van der Waals surface area contributed by atoms with Crippen molar-refractivity contribution in [1.82, 2.24) is 14.9 Å².